The van der Waals surface area contributed by atoms with Crippen molar-refractivity contribution in [3.05, 3.63) is 96.6 Å². The van der Waals surface area contributed by atoms with Crippen LogP contribution in [0.2, 0.25) is 23.2 Å². The fourth-order valence-corrected chi connectivity index (χ4v) is 16.1. The first kappa shape index (κ1) is 64.8. The first-order valence-corrected chi connectivity index (χ1v) is 33.4. The molecule has 0 spiro atoms. The molecule has 4 N–H and O–H groups in total. The fraction of sp³-hybridized carbons (Fsp3) is 0.483. The van der Waals surface area contributed by atoms with Gasteiger partial charge in [0, 0.05) is 61.8 Å². The maximum Gasteiger partial charge on any atom is 0.434 e. The smallest absolute Gasteiger partial charge is 0.434 e. The number of hydrogen-bond donors (Lipinski definition) is 2. The monoisotopic (exact) mass is 1260 g/mol. The average Bonchev–Trinajstić information content (AvgIpc) is 2.19. The SMILES string of the molecule is C[C@H]1OC(=O)N(c2cc(-c3cnc(N)nc3C(F)(F)F)nc(N3CCOCC3)n2)[C@H]1CO[Si](C)(C)C(C)(C)C.C[C@H]1OC(=O)N(c2cc(-c3cnc(N)nc3C(F)(F)F)nc(N3CCOCC3)n2)[C@H]1CO[Si](c1ccccc1)(c1ccccc1)C(C)(C)C. The number of rotatable bonds is 14. The van der Waals surface area contributed by atoms with E-state index in [1.54, 1.807) is 23.6 Å². The lowest BCUT2D eigenvalue weighted by atomic mass is 10.1. The van der Waals surface area contributed by atoms with E-state index >= 15 is 0 Å². The number of ether oxygens (including phenoxy) is 4. The number of benzene rings is 2. The lowest BCUT2D eigenvalue weighted by molar-refractivity contribution is -0.141. The lowest BCUT2D eigenvalue weighted by Gasteiger charge is -2.44. The Balaban J connectivity index is 0.000000215. The highest BCUT2D eigenvalue weighted by Crippen LogP contribution is 2.43. The number of nitrogen functional groups attached to an aromatic ring is 2. The maximum absolute atomic E-state index is 14.2. The number of aromatic nitrogens is 8. The first-order chi connectivity index (χ1) is 41.4. The summed E-state index contributed by atoms with van der Waals surface area (Å²) in [7, 11) is -5.23. The van der Waals surface area contributed by atoms with E-state index in [1.807, 2.05) is 36.4 Å². The summed E-state index contributed by atoms with van der Waals surface area (Å²) in [4.78, 5) is 65.7. The van der Waals surface area contributed by atoms with Crippen LogP contribution < -0.4 is 41.4 Å². The van der Waals surface area contributed by atoms with Gasteiger partial charge in [0.2, 0.25) is 23.8 Å². The van der Waals surface area contributed by atoms with E-state index in [4.69, 9.17) is 44.3 Å². The van der Waals surface area contributed by atoms with Crippen LogP contribution in [0.4, 0.5) is 71.4 Å². The lowest BCUT2D eigenvalue weighted by Crippen LogP contribution is -2.67. The molecule has 0 aliphatic carbocycles. The molecule has 0 unspecified atom stereocenters. The summed E-state index contributed by atoms with van der Waals surface area (Å²) < 4.78 is 120. The van der Waals surface area contributed by atoms with Crippen LogP contribution in [0.3, 0.4) is 0 Å². The van der Waals surface area contributed by atoms with E-state index in [0.717, 1.165) is 22.8 Å². The van der Waals surface area contributed by atoms with Gasteiger partial charge in [0.05, 0.1) is 51.0 Å². The van der Waals surface area contributed by atoms with Gasteiger partial charge in [-0.1, -0.05) is 102 Å². The van der Waals surface area contributed by atoms with Gasteiger partial charge in [-0.2, -0.15) is 36.3 Å². The van der Waals surface area contributed by atoms with Crippen molar-refractivity contribution in [3.63, 3.8) is 0 Å². The molecular weight excluding hydrogens is 1190 g/mol. The third-order valence-corrected chi connectivity index (χ3v) is 25.7. The molecule has 0 bridgehead atoms. The molecule has 6 aromatic rings. The molecule has 4 aliphatic rings. The second-order valence-electron chi connectivity index (χ2n) is 24.1. The van der Waals surface area contributed by atoms with Crippen molar-refractivity contribution in [3.8, 4) is 22.5 Å². The van der Waals surface area contributed by atoms with Crippen molar-refractivity contribution in [2.24, 2.45) is 0 Å². The van der Waals surface area contributed by atoms with Crippen LogP contribution in [-0.4, -0.2) is 159 Å². The standard InChI is InChI=1S/C34H38F3N7O4Si.C24H34F3N7O4Si/c1-22-27(21-47-49(33(2,3)4,23-11-7-5-8-12-23)24-13-9-6-10-14-24)44(32(45)48-22)28-19-26(40-31(41-28)43-15-17-46-18-16-43)25-20-39-30(38)42-29(25)34(35,36)37;1-14-17(13-37-39(5,6)23(2,3)4)34(22(35)38-14)18-11-16(30-21(31-18)33-7-9-36-10-8-33)15-12-29-20(28)32-19(15)24(25,26)27/h5-14,19-20,22,27H,15-18,21H2,1-4H3,(H2,38,39,42);11-12,14,17H,7-10,13H2,1-6H3,(H2,28,29,32)/t22-,27+;14-,17+/m11/s1. The second kappa shape index (κ2) is 25.5. The Bertz CT molecular complexity index is 3410. The van der Waals surface area contributed by atoms with Crippen molar-refractivity contribution in [2.75, 3.05) is 96.9 Å². The molecule has 22 nitrogen and oxygen atoms in total. The highest BCUT2D eigenvalue weighted by Gasteiger charge is 2.53. The largest absolute Gasteiger partial charge is 0.444 e. The van der Waals surface area contributed by atoms with Crippen LogP contribution in [0.25, 0.3) is 22.5 Å². The molecule has 4 aliphatic heterocycles. The minimum absolute atomic E-state index is 0.0573. The van der Waals surface area contributed by atoms with Crippen LogP contribution in [0.15, 0.2) is 85.2 Å². The molecule has 4 fully saturated rings. The molecule has 4 atom stereocenters. The van der Waals surface area contributed by atoms with E-state index in [2.05, 4.69) is 114 Å². The highest BCUT2D eigenvalue weighted by molar-refractivity contribution is 6.99. The molecule has 10 rings (SSSR count). The van der Waals surface area contributed by atoms with Crippen molar-refractivity contribution in [1.29, 1.82) is 0 Å². The number of morpholine rings is 2. The van der Waals surface area contributed by atoms with E-state index in [9.17, 15) is 35.9 Å². The Kier molecular flexibility index (Phi) is 18.7. The predicted octanol–water partition coefficient (Wildman–Crippen LogP) is 8.77. The number of nitrogens with two attached hydrogens (primary N) is 2. The van der Waals surface area contributed by atoms with Crippen LogP contribution >= 0.6 is 0 Å². The zero-order chi connectivity index (χ0) is 63.7. The number of anilines is 6. The molecule has 472 valence electrons. The Morgan fingerprint density at radius 2 is 0.932 bits per heavy atom. The zero-order valence-corrected chi connectivity index (χ0v) is 52.5. The first-order valence-electron chi connectivity index (χ1n) is 28.6. The highest BCUT2D eigenvalue weighted by atomic mass is 28.4. The summed E-state index contributed by atoms with van der Waals surface area (Å²) in [5, 5.41) is 1.70. The summed E-state index contributed by atoms with van der Waals surface area (Å²) in [5.74, 6) is -0.636. The van der Waals surface area contributed by atoms with Gasteiger partial charge in [-0.15, -0.1) is 0 Å². The van der Waals surface area contributed by atoms with Crippen molar-refractivity contribution in [2.45, 2.75) is 115 Å². The molecule has 88 heavy (non-hydrogen) atoms. The fourth-order valence-electron chi connectivity index (χ4n) is 10.5. The van der Waals surface area contributed by atoms with Crippen molar-refractivity contribution in [1.82, 2.24) is 39.9 Å². The number of halogens is 6. The van der Waals surface area contributed by atoms with Crippen LogP contribution in [-0.2, 0) is 40.2 Å². The van der Waals surface area contributed by atoms with Crippen LogP contribution in [0.1, 0.15) is 66.8 Å². The number of amides is 2. The van der Waals surface area contributed by atoms with Crippen LogP contribution in [0, 0.1) is 0 Å². The van der Waals surface area contributed by atoms with Gasteiger partial charge in [-0.3, -0.25) is 9.80 Å². The summed E-state index contributed by atoms with van der Waals surface area (Å²) in [6, 6.07) is 21.5. The number of carbonyl (C=O) groups excluding carboxylic acids is 2. The van der Waals surface area contributed by atoms with Crippen molar-refractivity contribution >= 4 is 74.6 Å². The average molecular weight is 1260 g/mol. The van der Waals surface area contributed by atoms with Crippen LogP contribution in [0.5, 0.6) is 0 Å². The van der Waals surface area contributed by atoms with Gasteiger partial charge in [0.25, 0.3) is 8.32 Å². The number of carbonyl (C=O) groups is 2. The molecule has 2 aromatic carbocycles. The Morgan fingerprint density at radius 3 is 1.28 bits per heavy atom. The molecule has 30 heteroatoms. The molecular formula is C58H72F6N14O8Si2. The zero-order valence-electron chi connectivity index (χ0n) is 50.5. The van der Waals surface area contributed by atoms with Gasteiger partial charge in [-0.25, -0.2) is 39.5 Å². The minimum atomic E-state index is -4.86. The number of nitrogens with zero attached hydrogens (tertiary/aromatic N) is 12. The Labute approximate surface area is 507 Å². The predicted molar refractivity (Wildman–Crippen MR) is 322 cm³/mol. The molecule has 0 saturated carbocycles. The van der Waals surface area contributed by atoms with E-state index in [0.29, 0.717) is 52.6 Å². The van der Waals surface area contributed by atoms with Gasteiger partial charge >= 0.3 is 24.5 Å². The van der Waals surface area contributed by atoms with Gasteiger partial charge in [0.1, 0.15) is 35.9 Å². The Hall–Kier alpha value is -7.65. The molecule has 4 aromatic heterocycles. The maximum atomic E-state index is 14.2. The normalized spacial score (nSPS) is 19.8. The van der Waals surface area contributed by atoms with E-state index in [1.165, 1.54) is 21.9 Å². The second-order valence-corrected chi connectivity index (χ2v) is 33.2. The van der Waals surface area contributed by atoms with Gasteiger partial charge in [-0.05, 0) is 47.4 Å². The van der Waals surface area contributed by atoms with Crippen molar-refractivity contribution < 1.29 is 63.7 Å². The third kappa shape index (κ3) is 13.8. The summed E-state index contributed by atoms with van der Waals surface area (Å²) in [6.45, 7) is 23.9. The quantitative estimate of drug-likeness (QED) is 0.0763. The molecule has 2 amide bonds. The number of cyclic esters (lactones) is 2. The van der Waals surface area contributed by atoms with E-state index < -0.39 is 94.3 Å². The third-order valence-electron chi connectivity index (χ3n) is 16.2. The number of alkyl halides is 6. The van der Waals surface area contributed by atoms with Gasteiger partial charge < -0.3 is 49.1 Å². The van der Waals surface area contributed by atoms with E-state index in [-0.39, 0.29) is 63.8 Å². The molecule has 0 radical (unpaired) electrons. The van der Waals surface area contributed by atoms with Gasteiger partial charge in [0.15, 0.2) is 19.7 Å². The summed E-state index contributed by atoms with van der Waals surface area (Å²) in [5.41, 5.74) is 7.53. The molecule has 4 saturated heterocycles. The molecule has 8 heterocycles. The topological polar surface area (TPSA) is 258 Å². The Morgan fingerprint density at radius 1 is 0.557 bits per heavy atom. The summed E-state index contributed by atoms with van der Waals surface area (Å²) in [6.07, 6.45) is -10.3. The minimum Gasteiger partial charge on any atom is -0.444 e. The summed E-state index contributed by atoms with van der Waals surface area (Å²) >= 11 is 0. The number of hydrogen-bond acceptors (Lipinski definition) is 20.